The Morgan fingerprint density at radius 3 is 1.98 bits per heavy atom. The van der Waals surface area contributed by atoms with Gasteiger partial charge < -0.3 is 19.3 Å². The van der Waals surface area contributed by atoms with Crippen molar-refractivity contribution in [2.24, 2.45) is 0 Å². The third-order valence-electron chi connectivity index (χ3n) is 9.83. The first-order valence-corrected chi connectivity index (χ1v) is 18.8. The molecule has 270 valence electrons. The highest BCUT2D eigenvalue weighted by molar-refractivity contribution is 6.09. The first-order chi connectivity index (χ1) is 24.3. The van der Waals surface area contributed by atoms with E-state index in [1.165, 1.54) is 110 Å². The Balaban J connectivity index is 1.39. The van der Waals surface area contributed by atoms with Crippen LogP contribution in [0.5, 0.6) is 11.5 Å². The second-order valence-corrected chi connectivity index (χ2v) is 13.7. The van der Waals surface area contributed by atoms with Crippen molar-refractivity contribution in [3.05, 3.63) is 76.9 Å². The minimum atomic E-state index is -1.43. The van der Waals surface area contributed by atoms with Crippen molar-refractivity contribution in [2.75, 3.05) is 13.7 Å². The van der Waals surface area contributed by atoms with Crippen molar-refractivity contribution >= 4 is 34.6 Å². The lowest BCUT2D eigenvalue weighted by molar-refractivity contribution is -0.153. The van der Waals surface area contributed by atoms with Gasteiger partial charge in [-0.15, -0.1) is 0 Å². The topological polar surface area (TPSA) is 99.1 Å². The van der Waals surface area contributed by atoms with Gasteiger partial charge in [-0.1, -0.05) is 128 Å². The van der Waals surface area contributed by atoms with Gasteiger partial charge in [-0.25, -0.2) is 4.79 Å². The first-order valence-electron chi connectivity index (χ1n) is 18.8. The molecule has 0 bridgehead atoms. The summed E-state index contributed by atoms with van der Waals surface area (Å²) >= 11 is 0. The van der Waals surface area contributed by atoms with Crippen LogP contribution < -0.4 is 4.74 Å². The molecule has 0 amide bonds. The maximum Gasteiger partial charge on any atom is 0.341 e. The van der Waals surface area contributed by atoms with Crippen molar-refractivity contribution in [1.82, 2.24) is 0 Å². The molecule has 3 aromatic rings. The van der Waals surface area contributed by atoms with E-state index in [9.17, 15) is 19.5 Å². The molecule has 0 fully saturated rings. The zero-order valence-electron chi connectivity index (χ0n) is 30.4. The summed E-state index contributed by atoms with van der Waals surface area (Å²) in [5, 5.41) is 12.1. The molecule has 3 aromatic carbocycles. The van der Waals surface area contributed by atoms with E-state index in [1.54, 1.807) is 24.3 Å². The largest absolute Gasteiger partial charge is 0.506 e. The number of carbonyl (C=O) groups is 3. The number of fused-ring (bicyclic) bond motifs is 2. The molecule has 0 aromatic heterocycles. The molecule has 0 aliphatic heterocycles. The molecule has 7 heteroatoms. The first kappa shape index (κ1) is 38.7. The van der Waals surface area contributed by atoms with Gasteiger partial charge >= 0.3 is 11.9 Å². The van der Waals surface area contributed by atoms with Gasteiger partial charge in [0, 0.05) is 29.9 Å². The number of phenolic OH excluding ortho intramolecular Hbond substituents is 1. The van der Waals surface area contributed by atoms with Gasteiger partial charge in [0.2, 0.25) is 0 Å². The van der Waals surface area contributed by atoms with E-state index in [2.05, 4.69) is 6.92 Å². The highest BCUT2D eigenvalue weighted by atomic mass is 16.6. The highest BCUT2D eigenvalue weighted by Gasteiger charge is 2.41. The summed E-state index contributed by atoms with van der Waals surface area (Å²) in [6.07, 6.45) is 23.4. The highest BCUT2D eigenvalue weighted by Crippen LogP contribution is 2.46. The van der Waals surface area contributed by atoms with E-state index in [4.69, 9.17) is 14.2 Å². The Morgan fingerprint density at radius 1 is 0.800 bits per heavy atom. The molecule has 1 aliphatic rings. The number of aldehydes is 1. The second kappa shape index (κ2) is 19.9. The molecule has 1 atom stereocenters. The third kappa shape index (κ3) is 10.4. The Labute approximate surface area is 298 Å². The number of esters is 2. The molecule has 0 saturated heterocycles. The molecule has 1 N–H and O–H groups in total. The molecule has 0 spiro atoms. The summed E-state index contributed by atoms with van der Waals surface area (Å²) in [4.78, 5) is 37.8. The Morgan fingerprint density at radius 2 is 1.40 bits per heavy atom. The number of aromatic hydroxyl groups is 1. The molecular formula is C43H56O7. The Kier molecular flexibility index (Phi) is 15.4. The van der Waals surface area contributed by atoms with Crippen LogP contribution in [0.25, 0.3) is 16.3 Å². The molecule has 1 aliphatic carbocycles. The fourth-order valence-electron chi connectivity index (χ4n) is 7.20. The molecule has 50 heavy (non-hydrogen) atoms. The molecule has 1 unspecified atom stereocenters. The Hall–Kier alpha value is -4.13. The average molecular weight is 685 g/mol. The maximum absolute atomic E-state index is 12.8. The van der Waals surface area contributed by atoms with Crippen molar-refractivity contribution in [1.29, 1.82) is 0 Å². The van der Waals surface area contributed by atoms with Gasteiger partial charge in [0.1, 0.15) is 17.1 Å². The number of hydrogen-bond acceptors (Lipinski definition) is 7. The number of phenols is 1. The van der Waals surface area contributed by atoms with Crippen molar-refractivity contribution in [2.45, 2.75) is 129 Å². The van der Waals surface area contributed by atoms with Gasteiger partial charge in [0.15, 0.2) is 11.9 Å². The zero-order valence-corrected chi connectivity index (χ0v) is 30.4. The lowest BCUT2D eigenvalue weighted by Crippen LogP contribution is -2.35. The average Bonchev–Trinajstić information content (AvgIpc) is 3.12. The number of unbranched alkanes of at least 4 members (excludes halogenated alkanes) is 15. The van der Waals surface area contributed by atoms with Crippen LogP contribution in [-0.2, 0) is 31.1 Å². The molecule has 7 nitrogen and oxygen atoms in total. The van der Waals surface area contributed by atoms with Crippen molar-refractivity contribution in [3.8, 4) is 11.5 Å². The predicted molar refractivity (Wildman–Crippen MR) is 200 cm³/mol. The number of allylic oxidation sites excluding steroid dienone is 1. The van der Waals surface area contributed by atoms with Crippen LogP contribution in [0.1, 0.15) is 144 Å². The van der Waals surface area contributed by atoms with Crippen molar-refractivity contribution in [3.63, 3.8) is 0 Å². The fraction of sp³-hybridized carbons (Fsp3) is 0.512. The number of methoxy groups -OCH3 is 1. The Bertz CT molecular complexity index is 1610. The van der Waals surface area contributed by atoms with E-state index in [0.717, 1.165) is 30.3 Å². The van der Waals surface area contributed by atoms with Gasteiger partial charge in [0.25, 0.3) is 0 Å². The summed E-state index contributed by atoms with van der Waals surface area (Å²) < 4.78 is 17.2. The predicted octanol–water partition coefficient (Wildman–Crippen LogP) is 10.6. The van der Waals surface area contributed by atoms with Gasteiger partial charge in [0.05, 0.1) is 13.7 Å². The van der Waals surface area contributed by atoms with E-state index in [-0.39, 0.29) is 17.7 Å². The van der Waals surface area contributed by atoms with E-state index in [0.29, 0.717) is 34.3 Å². The molecular weight excluding hydrogens is 628 g/mol. The summed E-state index contributed by atoms with van der Waals surface area (Å²) in [7, 11) is 1.24. The van der Waals surface area contributed by atoms with Crippen LogP contribution in [0.3, 0.4) is 0 Å². The summed E-state index contributed by atoms with van der Waals surface area (Å²) in [5.74, 6) is -0.932. The lowest BCUT2D eigenvalue weighted by atomic mass is 9.76. The normalized spacial score (nSPS) is 15.3. The van der Waals surface area contributed by atoms with Gasteiger partial charge in [-0.3, -0.25) is 9.59 Å². The molecule has 0 radical (unpaired) electrons. The third-order valence-corrected chi connectivity index (χ3v) is 9.83. The van der Waals surface area contributed by atoms with Crippen LogP contribution >= 0.6 is 0 Å². The smallest absolute Gasteiger partial charge is 0.341 e. The van der Waals surface area contributed by atoms with Crippen LogP contribution in [0.2, 0.25) is 0 Å². The summed E-state index contributed by atoms with van der Waals surface area (Å²) in [6, 6.07) is 14.2. The second-order valence-electron chi connectivity index (χ2n) is 13.7. The quantitative estimate of drug-likeness (QED) is 0.0639. The van der Waals surface area contributed by atoms with Gasteiger partial charge in [-0.05, 0) is 53.3 Å². The molecule has 4 rings (SSSR count). The van der Waals surface area contributed by atoms with Crippen LogP contribution in [0.15, 0.2) is 54.6 Å². The maximum atomic E-state index is 12.8. The number of hydrogen-bond donors (Lipinski definition) is 1. The van der Waals surface area contributed by atoms with Crippen LogP contribution in [0.4, 0.5) is 0 Å². The zero-order chi connectivity index (χ0) is 35.8. The van der Waals surface area contributed by atoms with Gasteiger partial charge in [-0.2, -0.15) is 0 Å². The summed E-state index contributed by atoms with van der Waals surface area (Å²) in [6.45, 7) is 4.13. The number of rotatable bonds is 22. The minimum Gasteiger partial charge on any atom is -0.506 e. The lowest BCUT2D eigenvalue weighted by Gasteiger charge is -2.36. The number of benzene rings is 3. The monoisotopic (exact) mass is 684 g/mol. The number of ether oxygens (including phenoxy) is 3. The van der Waals surface area contributed by atoms with Crippen molar-refractivity contribution < 1.29 is 33.7 Å². The van der Waals surface area contributed by atoms with E-state index < -0.39 is 17.5 Å². The molecule has 0 heterocycles. The van der Waals surface area contributed by atoms with Crippen LogP contribution in [0, 0.1) is 0 Å². The van der Waals surface area contributed by atoms with E-state index >= 15 is 0 Å². The minimum absolute atomic E-state index is 0.0664. The standard InChI is InChI=1S/C43H56O7/c1-4-5-6-7-8-9-10-11-12-13-14-15-16-17-18-21-26-49-35-24-25-37-38(27-35)40(28-39(41(37)46)42(47)48-3)43(50-32(2)45)29-33-22-19-20-23-36(33)34(30-43)31-44/h19-20,22-25,27-28,30-31,46H,4-18,21,26,29H2,1-3H3. The summed E-state index contributed by atoms with van der Waals surface area (Å²) in [5.41, 5.74) is 0.882. The number of carbonyl (C=O) groups excluding carboxylic acids is 3. The van der Waals surface area contributed by atoms with Crippen LogP contribution in [-0.4, -0.2) is 37.0 Å². The fourth-order valence-corrected chi connectivity index (χ4v) is 7.20. The van der Waals surface area contributed by atoms with E-state index in [1.807, 2.05) is 24.3 Å². The SMILES string of the molecule is CCCCCCCCCCCCCCCCCCOc1ccc2c(O)c(C(=O)OC)cc(C3(OC(C)=O)C=C(C=O)c4ccccc4C3)c2c1. The molecule has 0 saturated carbocycles.